The first-order valence-corrected chi connectivity index (χ1v) is 10.9. The van der Waals surface area contributed by atoms with Gasteiger partial charge in [-0.25, -0.2) is 4.39 Å². The average Bonchev–Trinajstić information content (AvgIpc) is 2.66. The summed E-state index contributed by atoms with van der Waals surface area (Å²) in [5.41, 5.74) is 4.38. The van der Waals surface area contributed by atoms with Crippen LogP contribution in [0.1, 0.15) is 36.1 Å². The van der Waals surface area contributed by atoms with Crippen LogP contribution < -0.4 is 5.32 Å². The zero-order valence-corrected chi connectivity index (χ0v) is 18.3. The van der Waals surface area contributed by atoms with Crippen molar-refractivity contribution in [2.45, 2.75) is 46.0 Å². The topological polar surface area (TPSA) is 49.4 Å². The molecule has 1 N–H and O–H groups in total. The molecule has 156 valence electrons. The predicted octanol–water partition coefficient (Wildman–Crippen LogP) is 4.23. The molecule has 0 heterocycles. The zero-order valence-electron chi connectivity index (χ0n) is 17.5. The normalized spacial score (nSPS) is 11.8. The van der Waals surface area contributed by atoms with E-state index in [0.29, 0.717) is 6.54 Å². The number of nitrogens with zero attached hydrogens (tertiary/aromatic N) is 1. The van der Waals surface area contributed by atoms with E-state index < -0.39 is 6.04 Å². The van der Waals surface area contributed by atoms with Crippen LogP contribution in [0.25, 0.3) is 0 Å². The molecule has 0 unspecified atom stereocenters. The van der Waals surface area contributed by atoms with Crippen molar-refractivity contribution < 1.29 is 14.0 Å². The maximum absolute atomic E-state index is 13.2. The molecule has 0 aliphatic rings. The summed E-state index contributed by atoms with van der Waals surface area (Å²) < 4.78 is 13.2. The fourth-order valence-electron chi connectivity index (χ4n) is 3.18. The van der Waals surface area contributed by atoms with Gasteiger partial charge in [0.05, 0.1) is 5.75 Å². The molecule has 29 heavy (non-hydrogen) atoms. The Bertz CT molecular complexity index is 819. The number of benzene rings is 2. The number of likely N-dealkylation sites (N-methyl/N-ethyl adjacent to an activating group) is 1. The monoisotopic (exact) mass is 416 g/mol. The van der Waals surface area contributed by atoms with Crippen LogP contribution in [0.3, 0.4) is 0 Å². The fourth-order valence-corrected chi connectivity index (χ4v) is 4.03. The number of aryl methyl sites for hydroxylation is 2. The number of thioether (sulfide) groups is 1. The van der Waals surface area contributed by atoms with Gasteiger partial charge in [-0.3, -0.25) is 9.59 Å². The maximum atomic E-state index is 13.2. The molecule has 1 atom stereocenters. The van der Waals surface area contributed by atoms with E-state index in [2.05, 4.69) is 37.4 Å². The summed E-state index contributed by atoms with van der Waals surface area (Å²) in [6, 6.07) is 11.8. The Morgan fingerprint density at radius 2 is 1.69 bits per heavy atom. The van der Waals surface area contributed by atoms with Crippen molar-refractivity contribution in [3.05, 3.63) is 70.5 Å². The molecule has 0 saturated heterocycles. The highest BCUT2D eigenvalue weighted by atomic mass is 32.2. The van der Waals surface area contributed by atoms with E-state index >= 15 is 0 Å². The number of amides is 2. The van der Waals surface area contributed by atoms with E-state index in [1.54, 1.807) is 24.0 Å². The van der Waals surface area contributed by atoms with Crippen LogP contribution in [0.15, 0.2) is 42.5 Å². The Hall–Kier alpha value is -2.34. The van der Waals surface area contributed by atoms with Gasteiger partial charge < -0.3 is 10.2 Å². The van der Waals surface area contributed by atoms with Crippen LogP contribution in [0.2, 0.25) is 0 Å². The molecule has 0 saturated carbocycles. The van der Waals surface area contributed by atoms with Gasteiger partial charge in [0.15, 0.2) is 0 Å². The van der Waals surface area contributed by atoms with E-state index in [9.17, 15) is 14.0 Å². The van der Waals surface area contributed by atoms with Crippen LogP contribution in [-0.2, 0) is 21.9 Å². The molecule has 2 aromatic carbocycles. The van der Waals surface area contributed by atoms with E-state index in [0.717, 1.165) is 11.3 Å². The number of rotatable bonds is 9. The molecule has 0 spiro atoms. The zero-order chi connectivity index (χ0) is 21.4. The van der Waals surface area contributed by atoms with Gasteiger partial charge in [0.25, 0.3) is 0 Å². The maximum Gasteiger partial charge on any atom is 0.242 e. The summed E-state index contributed by atoms with van der Waals surface area (Å²) in [5, 5.41) is 2.77. The second-order valence-corrected chi connectivity index (χ2v) is 8.19. The predicted molar refractivity (Wildman–Crippen MR) is 117 cm³/mol. The number of hydrogen-bond donors (Lipinski definition) is 1. The first-order chi connectivity index (χ1) is 13.8. The summed E-state index contributed by atoms with van der Waals surface area (Å²) in [6.45, 7) is 8.46. The fraction of sp³-hybridized carbons (Fsp3) is 0.391. The van der Waals surface area contributed by atoms with Crippen molar-refractivity contribution in [2.24, 2.45) is 0 Å². The quantitative estimate of drug-likeness (QED) is 0.666. The Balaban J connectivity index is 2.06. The Kier molecular flexibility index (Phi) is 8.70. The van der Waals surface area contributed by atoms with Gasteiger partial charge in [-0.1, -0.05) is 41.5 Å². The molecule has 0 bridgehead atoms. The number of hydrogen-bond acceptors (Lipinski definition) is 3. The van der Waals surface area contributed by atoms with Crippen LogP contribution in [0.5, 0.6) is 0 Å². The summed E-state index contributed by atoms with van der Waals surface area (Å²) >= 11 is 1.53. The average molecular weight is 417 g/mol. The number of carbonyl (C=O) groups is 2. The van der Waals surface area contributed by atoms with Crippen LogP contribution >= 0.6 is 11.8 Å². The van der Waals surface area contributed by atoms with Crippen molar-refractivity contribution in [3.8, 4) is 0 Å². The molecular weight excluding hydrogens is 387 g/mol. The largest absolute Gasteiger partial charge is 0.355 e. The minimum atomic E-state index is -0.602. The lowest BCUT2D eigenvalue weighted by Crippen LogP contribution is -2.48. The Morgan fingerprint density at radius 1 is 1.07 bits per heavy atom. The molecule has 2 amide bonds. The van der Waals surface area contributed by atoms with Gasteiger partial charge in [-0.15, -0.1) is 11.8 Å². The van der Waals surface area contributed by atoms with E-state index in [4.69, 9.17) is 0 Å². The Morgan fingerprint density at radius 3 is 2.28 bits per heavy atom. The number of carbonyl (C=O) groups excluding carboxylic acids is 2. The lowest BCUT2D eigenvalue weighted by atomic mass is 10.1. The van der Waals surface area contributed by atoms with Gasteiger partial charge >= 0.3 is 0 Å². The van der Waals surface area contributed by atoms with Gasteiger partial charge in [0, 0.05) is 18.8 Å². The molecular formula is C23H29FN2O2S. The van der Waals surface area contributed by atoms with E-state index in [1.807, 2.05) is 6.92 Å². The van der Waals surface area contributed by atoms with Crippen molar-refractivity contribution >= 4 is 23.6 Å². The van der Waals surface area contributed by atoms with Crippen molar-refractivity contribution in [1.82, 2.24) is 10.2 Å². The minimum absolute atomic E-state index is 0.109. The molecule has 0 aliphatic carbocycles. The second-order valence-electron chi connectivity index (χ2n) is 7.21. The molecule has 4 nitrogen and oxygen atoms in total. The SMILES string of the molecule is CCNC(=O)[C@@H](C)N(Cc1ccc(F)cc1)C(=O)CSCc1cc(C)cc(C)c1. The van der Waals surface area contributed by atoms with Crippen molar-refractivity contribution in [2.75, 3.05) is 12.3 Å². The molecule has 0 aromatic heterocycles. The van der Waals surface area contributed by atoms with Gasteiger partial charge in [-0.2, -0.15) is 0 Å². The summed E-state index contributed by atoms with van der Waals surface area (Å²) in [5.74, 6) is 0.378. The first kappa shape index (κ1) is 22.9. The van der Waals surface area contributed by atoms with Crippen molar-refractivity contribution in [3.63, 3.8) is 0 Å². The Labute approximate surface area is 176 Å². The highest BCUT2D eigenvalue weighted by molar-refractivity contribution is 7.99. The second kappa shape index (κ2) is 11.0. The third kappa shape index (κ3) is 7.20. The lowest BCUT2D eigenvalue weighted by Gasteiger charge is -2.28. The third-order valence-electron chi connectivity index (χ3n) is 4.56. The molecule has 0 radical (unpaired) electrons. The molecule has 6 heteroatoms. The van der Waals surface area contributed by atoms with Crippen LogP contribution in [0.4, 0.5) is 4.39 Å². The summed E-state index contributed by atoms with van der Waals surface area (Å²) in [4.78, 5) is 26.8. The number of nitrogens with one attached hydrogen (secondary N) is 1. The third-order valence-corrected chi connectivity index (χ3v) is 5.55. The van der Waals surface area contributed by atoms with Gasteiger partial charge in [-0.05, 0) is 51.0 Å². The number of halogens is 1. The lowest BCUT2D eigenvalue weighted by molar-refractivity contribution is -0.138. The summed E-state index contributed by atoms with van der Waals surface area (Å²) in [6.07, 6.45) is 0. The van der Waals surface area contributed by atoms with Crippen molar-refractivity contribution in [1.29, 1.82) is 0 Å². The molecule has 2 rings (SSSR count). The van der Waals surface area contributed by atoms with Crippen LogP contribution in [0, 0.1) is 19.7 Å². The first-order valence-electron chi connectivity index (χ1n) is 9.76. The highest BCUT2D eigenvalue weighted by Gasteiger charge is 2.25. The molecule has 0 aliphatic heterocycles. The van der Waals surface area contributed by atoms with Gasteiger partial charge in [0.2, 0.25) is 11.8 Å². The smallest absolute Gasteiger partial charge is 0.242 e. The molecule has 0 fully saturated rings. The molecule has 2 aromatic rings. The van der Waals surface area contributed by atoms with Gasteiger partial charge in [0.1, 0.15) is 11.9 Å². The van der Waals surface area contributed by atoms with Crippen LogP contribution in [-0.4, -0.2) is 35.1 Å². The standard InChI is InChI=1S/C23H29FN2O2S/c1-5-25-23(28)18(4)26(13-19-6-8-21(24)9-7-19)22(27)15-29-14-20-11-16(2)10-17(3)12-20/h6-12,18H,5,13-15H2,1-4H3,(H,25,28)/t18-/m1/s1. The minimum Gasteiger partial charge on any atom is -0.355 e. The highest BCUT2D eigenvalue weighted by Crippen LogP contribution is 2.18. The summed E-state index contributed by atoms with van der Waals surface area (Å²) in [7, 11) is 0. The van der Waals surface area contributed by atoms with E-state index in [-0.39, 0.29) is 29.9 Å². The van der Waals surface area contributed by atoms with E-state index in [1.165, 1.54) is 40.6 Å².